The summed E-state index contributed by atoms with van der Waals surface area (Å²) in [6, 6.07) is 10.4. The van der Waals surface area contributed by atoms with Crippen LogP contribution in [0.1, 0.15) is 5.56 Å². The lowest BCUT2D eigenvalue weighted by Gasteiger charge is -2.20. The molecule has 0 bridgehead atoms. The molecule has 132 valence electrons. The number of nitro groups is 1. The highest BCUT2D eigenvalue weighted by atomic mass is 35.5. The van der Waals surface area contributed by atoms with Crippen molar-refractivity contribution in [2.24, 2.45) is 0 Å². The molecule has 1 aliphatic rings. The molecule has 1 N–H and O–H groups in total. The van der Waals surface area contributed by atoms with E-state index in [4.69, 9.17) is 21.1 Å². The number of nitrogens with one attached hydrogen (secondary N) is 1. The van der Waals surface area contributed by atoms with Gasteiger partial charge < -0.3 is 14.8 Å². The second kappa shape index (κ2) is 6.68. The van der Waals surface area contributed by atoms with Gasteiger partial charge >= 0.3 is 5.69 Å². The summed E-state index contributed by atoms with van der Waals surface area (Å²) in [5.41, 5.74) is 1.83. The minimum Gasteiger partial charge on any atom is -0.486 e. The molecule has 0 spiro atoms. The number of ether oxygens (including phenoxy) is 2. The average Bonchev–Trinajstić information content (AvgIpc) is 2.65. The summed E-state index contributed by atoms with van der Waals surface area (Å²) in [7, 11) is 0. The molecule has 0 atom stereocenters. The summed E-state index contributed by atoms with van der Waals surface area (Å²) in [4.78, 5) is 15.3. The van der Waals surface area contributed by atoms with Crippen LogP contribution < -0.4 is 14.8 Å². The van der Waals surface area contributed by atoms with Gasteiger partial charge in [-0.2, -0.15) is 0 Å². The molecule has 8 heteroatoms. The van der Waals surface area contributed by atoms with E-state index in [-0.39, 0.29) is 5.69 Å². The van der Waals surface area contributed by atoms with Gasteiger partial charge in [-0.1, -0.05) is 11.6 Å². The third-order valence-electron chi connectivity index (χ3n) is 4.08. The fourth-order valence-corrected chi connectivity index (χ4v) is 3.23. The molecular formula is C18H14ClN3O4. The molecule has 0 fully saturated rings. The highest BCUT2D eigenvalue weighted by Gasteiger charge is 2.20. The number of nitro benzene ring substituents is 1. The smallest absolute Gasteiger partial charge is 0.301 e. The van der Waals surface area contributed by atoms with Crippen LogP contribution in [0.2, 0.25) is 5.02 Å². The van der Waals surface area contributed by atoms with E-state index in [0.717, 1.165) is 5.56 Å². The van der Waals surface area contributed by atoms with E-state index >= 15 is 0 Å². The van der Waals surface area contributed by atoms with Gasteiger partial charge in [0, 0.05) is 12.7 Å². The van der Waals surface area contributed by atoms with Crippen molar-refractivity contribution < 1.29 is 14.4 Å². The summed E-state index contributed by atoms with van der Waals surface area (Å²) in [6.45, 7) is 1.27. The Kier molecular flexibility index (Phi) is 4.22. The number of hydrogen-bond acceptors (Lipinski definition) is 6. The van der Waals surface area contributed by atoms with Gasteiger partial charge in [-0.15, -0.1) is 0 Å². The first kappa shape index (κ1) is 16.4. The maximum absolute atomic E-state index is 11.6. The zero-order chi connectivity index (χ0) is 18.1. The van der Waals surface area contributed by atoms with E-state index in [9.17, 15) is 10.1 Å². The predicted octanol–water partition coefficient (Wildman–Crippen LogP) is 4.18. The number of anilines is 1. The molecule has 4 rings (SSSR count). The van der Waals surface area contributed by atoms with Crippen LogP contribution in [0.5, 0.6) is 11.5 Å². The van der Waals surface area contributed by atoms with Crippen molar-refractivity contribution >= 4 is 33.9 Å². The summed E-state index contributed by atoms with van der Waals surface area (Å²) in [6.07, 6.45) is 1.61. The second-order valence-electron chi connectivity index (χ2n) is 5.74. The Balaban J connectivity index is 1.65. The van der Waals surface area contributed by atoms with E-state index in [2.05, 4.69) is 10.3 Å². The number of hydrogen-bond donors (Lipinski definition) is 1. The first-order chi connectivity index (χ1) is 12.6. The summed E-state index contributed by atoms with van der Waals surface area (Å²) in [5, 5.41) is 15.6. The van der Waals surface area contributed by atoms with E-state index in [1.165, 1.54) is 0 Å². The minimum atomic E-state index is -0.400. The van der Waals surface area contributed by atoms with Crippen LogP contribution >= 0.6 is 11.6 Å². The van der Waals surface area contributed by atoms with Gasteiger partial charge in [-0.25, -0.2) is 0 Å². The molecule has 1 aliphatic heterocycles. The van der Waals surface area contributed by atoms with Crippen LogP contribution in [0.4, 0.5) is 11.4 Å². The molecule has 3 aromatic rings. The lowest BCUT2D eigenvalue weighted by molar-refractivity contribution is -0.382. The molecule has 2 aromatic carbocycles. The summed E-state index contributed by atoms with van der Waals surface area (Å²) < 4.78 is 11.1. The topological polar surface area (TPSA) is 86.5 Å². The Morgan fingerprint density at radius 2 is 2.08 bits per heavy atom. The molecular weight excluding hydrogens is 358 g/mol. The van der Waals surface area contributed by atoms with Gasteiger partial charge in [0.05, 0.1) is 20.8 Å². The van der Waals surface area contributed by atoms with Gasteiger partial charge in [0.2, 0.25) is 0 Å². The van der Waals surface area contributed by atoms with Crippen LogP contribution in [-0.2, 0) is 6.54 Å². The SMILES string of the molecule is O=[N+]([O-])c1c(NCc2cc(Cl)c3c(c2)OCCO3)ccc2ncccc12. The van der Waals surface area contributed by atoms with Gasteiger partial charge in [0.15, 0.2) is 11.5 Å². The van der Waals surface area contributed by atoms with Crippen molar-refractivity contribution in [3.63, 3.8) is 0 Å². The van der Waals surface area contributed by atoms with Crippen molar-refractivity contribution in [2.45, 2.75) is 6.54 Å². The fourth-order valence-electron chi connectivity index (χ4n) is 2.94. The monoisotopic (exact) mass is 371 g/mol. The number of nitrogens with zero attached hydrogens (tertiary/aromatic N) is 2. The van der Waals surface area contributed by atoms with Gasteiger partial charge in [0.25, 0.3) is 0 Å². The molecule has 26 heavy (non-hydrogen) atoms. The Morgan fingerprint density at radius 1 is 1.23 bits per heavy atom. The van der Waals surface area contributed by atoms with Crippen LogP contribution in [0.15, 0.2) is 42.6 Å². The van der Waals surface area contributed by atoms with E-state index < -0.39 is 4.92 Å². The van der Waals surface area contributed by atoms with Crippen molar-refractivity contribution in [2.75, 3.05) is 18.5 Å². The van der Waals surface area contributed by atoms with E-state index in [0.29, 0.717) is 52.9 Å². The Bertz CT molecular complexity index is 1010. The predicted molar refractivity (Wildman–Crippen MR) is 98.2 cm³/mol. The number of aromatic nitrogens is 1. The van der Waals surface area contributed by atoms with Crippen LogP contribution in [0.25, 0.3) is 10.9 Å². The van der Waals surface area contributed by atoms with Crippen molar-refractivity contribution in [3.05, 3.63) is 63.3 Å². The van der Waals surface area contributed by atoms with E-state index in [1.807, 2.05) is 6.07 Å². The van der Waals surface area contributed by atoms with E-state index in [1.54, 1.807) is 36.5 Å². The van der Waals surface area contributed by atoms with Crippen molar-refractivity contribution in [1.82, 2.24) is 4.98 Å². The van der Waals surface area contributed by atoms with Crippen molar-refractivity contribution in [3.8, 4) is 11.5 Å². The fraction of sp³-hybridized carbons (Fsp3) is 0.167. The highest BCUT2D eigenvalue weighted by molar-refractivity contribution is 6.32. The first-order valence-electron chi connectivity index (χ1n) is 7.97. The zero-order valence-electron chi connectivity index (χ0n) is 13.6. The standard InChI is InChI=1S/C18H14ClN3O4/c19-13-8-11(9-16-18(13)26-7-6-25-16)10-21-15-4-3-14-12(2-1-5-20-14)17(15)22(23)24/h1-5,8-9,21H,6-7,10H2. The van der Waals surface area contributed by atoms with Crippen molar-refractivity contribution in [1.29, 1.82) is 0 Å². The number of rotatable bonds is 4. The molecule has 0 saturated carbocycles. The molecule has 0 amide bonds. The molecule has 0 saturated heterocycles. The number of benzene rings is 2. The molecule has 0 radical (unpaired) electrons. The lowest BCUT2D eigenvalue weighted by atomic mass is 10.1. The first-order valence-corrected chi connectivity index (χ1v) is 8.35. The Hall–Kier alpha value is -3.06. The number of fused-ring (bicyclic) bond motifs is 2. The molecule has 0 aliphatic carbocycles. The maximum atomic E-state index is 11.6. The molecule has 7 nitrogen and oxygen atoms in total. The quantitative estimate of drug-likeness (QED) is 0.547. The second-order valence-corrected chi connectivity index (χ2v) is 6.15. The van der Waals surface area contributed by atoms with Gasteiger partial charge in [-0.3, -0.25) is 15.1 Å². The van der Waals surface area contributed by atoms with Crippen LogP contribution in [0.3, 0.4) is 0 Å². The van der Waals surface area contributed by atoms with Gasteiger partial charge in [-0.05, 0) is 42.0 Å². The van der Waals surface area contributed by atoms with Crippen LogP contribution in [0, 0.1) is 10.1 Å². The largest absolute Gasteiger partial charge is 0.486 e. The lowest BCUT2D eigenvalue weighted by Crippen LogP contribution is -2.16. The third-order valence-corrected chi connectivity index (χ3v) is 4.36. The average molecular weight is 372 g/mol. The summed E-state index contributed by atoms with van der Waals surface area (Å²) in [5.74, 6) is 1.11. The minimum absolute atomic E-state index is 0.000703. The Morgan fingerprint density at radius 3 is 2.92 bits per heavy atom. The molecule has 0 unspecified atom stereocenters. The highest BCUT2D eigenvalue weighted by Crippen LogP contribution is 2.39. The number of pyridine rings is 1. The Labute approximate surface area is 153 Å². The van der Waals surface area contributed by atoms with Gasteiger partial charge in [0.1, 0.15) is 18.9 Å². The number of halogens is 1. The molecule has 1 aromatic heterocycles. The normalized spacial score (nSPS) is 12.8. The third kappa shape index (κ3) is 2.97. The maximum Gasteiger partial charge on any atom is 0.301 e. The molecule has 2 heterocycles. The zero-order valence-corrected chi connectivity index (χ0v) is 14.3. The van der Waals surface area contributed by atoms with Crippen LogP contribution in [-0.4, -0.2) is 23.1 Å². The summed E-state index contributed by atoms with van der Waals surface area (Å²) >= 11 is 6.24.